The van der Waals surface area contributed by atoms with E-state index < -0.39 is 10.0 Å². The lowest BCUT2D eigenvalue weighted by atomic mass is 10.1. The fourth-order valence-corrected chi connectivity index (χ4v) is 2.72. The lowest BCUT2D eigenvalue weighted by Gasteiger charge is -2.05. The standard InChI is InChI=1S/C19H22N2O5S/c1-25-14-26-17-7-2-15(3-8-17)6-11-19(22)21-13-12-16-4-9-18(10-5-16)27(20,23)24/h2-11H,12-14H2,1H3,(H,21,22)(H2,20,23,24)/b11-6+. The minimum Gasteiger partial charge on any atom is -0.468 e. The third-order valence-electron chi connectivity index (χ3n) is 3.62. The quantitative estimate of drug-likeness (QED) is 0.500. The van der Waals surface area contributed by atoms with Crippen molar-refractivity contribution < 1.29 is 22.7 Å². The summed E-state index contributed by atoms with van der Waals surface area (Å²) in [5, 5.41) is 7.83. The van der Waals surface area contributed by atoms with Crippen LogP contribution in [0.1, 0.15) is 11.1 Å². The first-order chi connectivity index (χ1) is 12.9. The number of ether oxygens (including phenoxy) is 2. The molecule has 0 aromatic heterocycles. The molecule has 2 aromatic rings. The van der Waals surface area contributed by atoms with Crippen molar-refractivity contribution in [1.29, 1.82) is 0 Å². The Balaban J connectivity index is 1.78. The smallest absolute Gasteiger partial charge is 0.244 e. The van der Waals surface area contributed by atoms with Crippen molar-refractivity contribution in [2.45, 2.75) is 11.3 Å². The molecule has 144 valence electrons. The Bertz CT molecular complexity index is 875. The summed E-state index contributed by atoms with van der Waals surface area (Å²) in [5.41, 5.74) is 1.77. The Labute approximate surface area is 158 Å². The molecular weight excluding hydrogens is 368 g/mol. The molecule has 8 heteroatoms. The molecular formula is C19H22N2O5S. The first-order valence-electron chi connectivity index (χ1n) is 8.18. The summed E-state index contributed by atoms with van der Waals surface area (Å²) in [7, 11) is -2.14. The number of sulfonamides is 1. The Kier molecular flexibility index (Phi) is 7.54. The zero-order valence-electron chi connectivity index (χ0n) is 14.9. The number of carbonyl (C=O) groups excluding carboxylic acids is 1. The van der Waals surface area contributed by atoms with Crippen LogP contribution < -0.4 is 15.2 Å². The number of amides is 1. The van der Waals surface area contributed by atoms with Crippen LogP contribution in [0.5, 0.6) is 5.75 Å². The number of nitrogens with one attached hydrogen (secondary N) is 1. The second-order valence-corrected chi connectivity index (χ2v) is 7.24. The van der Waals surface area contributed by atoms with E-state index in [0.717, 1.165) is 11.1 Å². The maximum Gasteiger partial charge on any atom is 0.244 e. The van der Waals surface area contributed by atoms with Gasteiger partial charge in [0.2, 0.25) is 15.9 Å². The zero-order chi connectivity index (χ0) is 19.7. The molecule has 0 aliphatic rings. The van der Waals surface area contributed by atoms with Crippen molar-refractivity contribution >= 4 is 22.0 Å². The number of hydrogen-bond donors (Lipinski definition) is 2. The highest BCUT2D eigenvalue weighted by Crippen LogP contribution is 2.13. The number of rotatable bonds is 9. The summed E-state index contributed by atoms with van der Waals surface area (Å²) in [6, 6.07) is 13.5. The van der Waals surface area contributed by atoms with Gasteiger partial charge in [0.25, 0.3) is 0 Å². The van der Waals surface area contributed by atoms with Crippen LogP contribution in [0.4, 0.5) is 0 Å². The molecule has 1 amide bonds. The summed E-state index contributed by atoms with van der Waals surface area (Å²) in [4.78, 5) is 11.9. The molecule has 2 rings (SSSR count). The highest BCUT2D eigenvalue weighted by Gasteiger charge is 2.06. The van der Waals surface area contributed by atoms with E-state index in [-0.39, 0.29) is 17.6 Å². The highest BCUT2D eigenvalue weighted by molar-refractivity contribution is 7.89. The van der Waals surface area contributed by atoms with Crippen LogP contribution in [-0.2, 0) is 26.0 Å². The summed E-state index contributed by atoms with van der Waals surface area (Å²) in [6.45, 7) is 0.615. The van der Waals surface area contributed by atoms with E-state index in [2.05, 4.69) is 5.32 Å². The molecule has 0 fully saturated rings. The summed E-state index contributed by atoms with van der Waals surface area (Å²) < 4.78 is 32.5. The summed E-state index contributed by atoms with van der Waals surface area (Å²) in [6.07, 6.45) is 3.74. The van der Waals surface area contributed by atoms with E-state index in [1.807, 2.05) is 12.1 Å². The van der Waals surface area contributed by atoms with E-state index in [4.69, 9.17) is 14.6 Å². The molecule has 7 nitrogen and oxygen atoms in total. The van der Waals surface area contributed by atoms with Crippen molar-refractivity contribution in [2.75, 3.05) is 20.4 Å². The predicted octanol–water partition coefficient (Wildman–Crippen LogP) is 1.69. The van der Waals surface area contributed by atoms with Gasteiger partial charge in [-0.3, -0.25) is 4.79 Å². The van der Waals surface area contributed by atoms with Crippen LogP contribution in [0.2, 0.25) is 0 Å². The molecule has 0 aliphatic heterocycles. The third kappa shape index (κ3) is 7.22. The molecule has 27 heavy (non-hydrogen) atoms. The van der Waals surface area contributed by atoms with Gasteiger partial charge in [-0.15, -0.1) is 0 Å². The lowest BCUT2D eigenvalue weighted by Crippen LogP contribution is -2.23. The van der Waals surface area contributed by atoms with Crippen molar-refractivity contribution in [1.82, 2.24) is 5.32 Å². The van der Waals surface area contributed by atoms with E-state index in [9.17, 15) is 13.2 Å². The second kappa shape index (κ2) is 9.86. The third-order valence-corrected chi connectivity index (χ3v) is 4.54. The van der Waals surface area contributed by atoms with Gasteiger partial charge in [-0.05, 0) is 47.9 Å². The fraction of sp³-hybridized carbons (Fsp3) is 0.211. The van der Waals surface area contributed by atoms with Gasteiger partial charge in [0.1, 0.15) is 5.75 Å². The van der Waals surface area contributed by atoms with Crippen LogP contribution in [0.15, 0.2) is 59.5 Å². The van der Waals surface area contributed by atoms with E-state index >= 15 is 0 Å². The van der Waals surface area contributed by atoms with Crippen LogP contribution in [0.3, 0.4) is 0 Å². The minimum atomic E-state index is -3.69. The maximum atomic E-state index is 11.9. The number of methoxy groups -OCH3 is 1. The monoisotopic (exact) mass is 390 g/mol. The van der Waals surface area contributed by atoms with Crippen LogP contribution in [0.25, 0.3) is 6.08 Å². The Hall–Kier alpha value is -2.68. The predicted molar refractivity (Wildman–Crippen MR) is 103 cm³/mol. The molecule has 0 bridgehead atoms. The van der Waals surface area contributed by atoms with Crippen molar-refractivity contribution in [3.8, 4) is 5.75 Å². The molecule has 0 saturated heterocycles. The Morgan fingerprint density at radius 1 is 1.11 bits per heavy atom. The zero-order valence-corrected chi connectivity index (χ0v) is 15.7. The van der Waals surface area contributed by atoms with Crippen LogP contribution in [0, 0.1) is 0 Å². The molecule has 0 radical (unpaired) electrons. The molecule has 0 aliphatic carbocycles. The summed E-state index contributed by atoms with van der Waals surface area (Å²) in [5.74, 6) is 0.475. The number of carbonyl (C=O) groups is 1. The number of nitrogens with two attached hydrogens (primary N) is 1. The SMILES string of the molecule is COCOc1ccc(/C=C/C(=O)NCCc2ccc(S(N)(=O)=O)cc2)cc1. The first-order valence-corrected chi connectivity index (χ1v) is 9.72. The highest BCUT2D eigenvalue weighted by atomic mass is 32.2. The number of primary sulfonamides is 1. The van der Waals surface area contributed by atoms with E-state index in [1.54, 1.807) is 37.5 Å². The first kappa shape index (κ1) is 20.6. The second-order valence-electron chi connectivity index (χ2n) is 5.68. The molecule has 3 N–H and O–H groups in total. The molecule has 0 unspecified atom stereocenters. The largest absolute Gasteiger partial charge is 0.468 e. The molecule has 0 spiro atoms. The average Bonchev–Trinajstić information content (AvgIpc) is 2.65. The average molecular weight is 390 g/mol. The molecule has 0 atom stereocenters. The fourth-order valence-electron chi connectivity index (χ4n) is 2.21. The number of benzene rings is 2. The maximum absolute atomic E-state index is 11.9. The van der Waals surface area contributed by atoms with Gasteiger partial charge in [0.05, 0.1) is 4.90 Å². The van der Waals surface area contributed by atoms with Crippen LogP contribution >= 0.6 is 0 Å². The minimum absolute atomic E-state index is 0.0665. The van der Waals surface area contributed by atoms with Crippen molar-refractivity contribution in [2.24, 2.45) is 5.14 Å². The number of hydrogen-bond acceptors (Lipinski definition) is 5. The van der Waals surface area contributed by atoms with Gasteiger partial charge in [0.15, 0.2) is 6.79 Å². The van der Waals surface area contributed by atoms with Crippen molar-refractivity contribution in [3.05, 3.63) is 65.7 Å². The van der Waals surface area contributed by atoms with Gasteiger partial charge in [-0.25, -0.2) is 13.6 Å². The van der Waals surface area contributed by atoms with E-state index in [1.165, 1.54) is 18.2 Å². The van der Waals surface area contributed by atoms with Crippen molar-refractivity contribution in [3.63, 3.8) is 0 Å². The van der Waals surface area contributed by atoms with Gasteiger partial charge < -0.3 is 14.8 Å². The van der Waals surface area contributed by atoms with Crippen LogP contribution in [-0.4, -0.2) is 34.8 Å². The van der Waals surface area contributed by atoms with Gasteiger partial charge in [-0.1, -0.05) is 24.3 Å². The topological polar surface area (TPSA) is 108 Å². The lowest BCUT2D eigenvalue weighted by molar-refractivity contribution is -0.116. The Morgan fingerprint density at radius 3 is 2.37 bits per heavy atom. The molecule has 2 aromatic carbocycles. The van der Waals surface area contributed by atoms with Gasteiger partial charge in [0, 0.05) is 19.7 Å². The van der Waals surface area contributed by atoms with Gasteiger partial charge >= 0.3 is 0 Å². The molecule has 0 heterocycles. The van der Waals surface area contributed by atoms with E-state index in [0.29, 0.717) is 18.7 Å². The van der Waals surface area contributed by atoms with Gasteiger partial charge in [-0.2, -0.15) is 0 Å². The Morgan fingerprint density at radius 2 is 1.78 bits per heavy atom. The molecule has 0 saturated carbocycles. The normalized spacial score (nSPS) is 11.5. The summed E-state index contributed by atoms with van der Waals surface area (Å²) >= 11 is 0.